The van der Waals surface area contributed by atoms with Crippen molar-refractivity contribution in [2.45, 2.75) is 38.0 Å². The fourth-order valence-corrected chi connectivity index (χ4v) is 4.02. The Morgan fingerprint density at radius 2 is 2.29 bits per heavy atom. The van der Waals surface area contributed by atoms with E-state index in [-0.39, 0.29) is 17.9 Å². The van der Waals surface area contributed by atoms with Crippen molar-refractivity contribution >= 4 is 29.2 Å². The number of aryl methyl sites for hydroxylation is 1. The molecule has 0 aliphatic carbocycles. The predicted octanol–water partition coefficient (Wildman–Crippen LogP) is 1.87. The lowest BCUT2D eigenvalue weighted by Gasteiger charge is -2.21. The van der Waals surface area contributed by atoms with E-state index in [0.29, 0.717) is 24.5 Å². The number of aromatic nitrogens is 1. The van der Waals surface area contributed by atoms with Crippen LogP contribution < -0.4 is 5.32 Å². The Kier molecular flexibility index (Phi) is 5.12. The Hall–Kier alpha value is -1.57. The van der Waals surface area contributed by atoms with Gasteiger partial charge in [0.2, 0.25) is 0 Å². The molecule has 1 unspecified atom stereocenters. The van der Waals surface area contributed by atoms with Crippen LogP contribution in [0.25, 0.3) is 5.70 Å². The Morgan fingerprint density at radius 3 is 2.96 bits per heavy atom. The standard InChI is InChI=1S/C17H22N2O4S/c1-10(2)23-17(21)15-11(3)8-19-12(9-24-16(15)19)6-13(20)14-7-18-4-5-22-14/h6,8,10,14,18H,4-5,7,9H2,1-3H3. The molecular weight excluding hydrogens is 328 g/mol. The maximum absolute atomic E-state index is 12.4. The first kappa shape index (κ1) is 17.3. The number of ether oxygens (including phenoxy) is 2. The number of nitrogens with zero attached hydrogens (tertiary/aromatic N) is 1. The monoisotopic (exact) mass is 350 g/mol. The molecule has 1 atom stereocenters. The van der Waals surface area contributed by atoms with Crippen LogP contribution in [0.15, 0.2) is 17.3 Å². The van der Waals surface area contributed by atoms with Gasteiger partial charge in [0.15, 0.2) is 5.78 Å². The number of rotatable bonds is 4. The van der Waals surface area contributed by atoms with Gasteiger partial charge in [-0.15, -0.1) is 11.8 Å². The van der Waals surface area contributed by atoms with Gasteiger partial charge in [-0.3, -0.25) is 4.79 Å². The molecule has 2 aliphatic rings. The molecule has 1 fully saturated rings. The molecular formula is C17H22N2O4S. The second-order valence-corrected chi connectivity index (χ2v) is 7.17. The summed E-state index contributed by atoms with van der Waals surface area (Å²) in [5.74, 6) is 0.308. The minimum absolute atomic E-state index is 0.0386. The molecule has 0 radical (unpaired) electrons. The highest BCUT2D eigenvalue weighted by atomic mass is 32.2. The van der Waals surface area contributed by atoms with Gasteiger partial charge in [0, 0.05) is 36.8 Å². The number of morpholine rings is 1. The van der Waals surface area contributed by atoms with Crippen LogP contribution in [0.4, 0.5) is 0 Å². The van der Waals surface area contributed by atoms with E-state index in [1.807, 2.05) is 31.5 Å². The van der Waals surface area contributed by atoms with Gasteiger partial charge in [-0.05, 0) is 26.3 Å². The summed E-state index contributed by atoms with van der Waals surface area (Å²) < 4.78 is 12.8. The minimum atomic E-state index is -0.428. The van der Waals surface area contributed by atoms with Crippen molar-refractivity contribution < 1.29 is 19.1 Å². The maximum atomic E-state index is 12.4. The summed E-state index contributed by atoms with van der Waals surface area (Å²) in [5, 5.41) is 4.00. The van der Waals surface area contributed by atoms with E-state index >= 15 is 0 Å². The second kappa shape index (κ2) is 7.13. The molecule has 2 aliphatic heterocycles. The van der Waals surface area contributed by atoms with Crippen LogP contribution in [-0.2, 0) is 14.3 Å². The normalized spacial score (nSPS) is 22.0. The summed E-state index contributed by atoms with van der Waals surface area (Å²) in [6.45, 7) is 7.42. The summed E-state index contributed by atoms with van der Waals surface area (Å²) >= 11 is 1.55. The molecule has 3 rings (SSSR count). The molecule has 0 saturated carbocycles. The molecule has 7 heteroatoms. The Morgan fingerprint density at radius 1 is 1.50 bits per heavy atom. The molecule has 1 aromatic heterocycles. The lowest BCUT2D eigenvalue weighted by atomic mass is 10.2. The van der Waals surface area contributed by atoms with Gasteiger partial charge in [0.1, 0.15) is 6.10 Å². The Balaban J connectivity index is 1.83. The smallest absolute Gasteiger partial charge is 0.341 e. The molecule has 1 N–H and O–H groups in total. The molecule has 1 saturated heterocycles. The topological polar surface area (TPSA) is 69.6 Å². The predicted molar refractivity (Wildman–Crippen MR) is 92.3 cm³/mol. The van der Waals surface area contributed by atoms with Crippen molar-refractivity contribution in [3.63, 3.8) is 0 Å². The molecule has 6 nitrogen and oxygen atoms in total. The highest BCUT2D eigenvalue weighted by Crippen LogP contribution is 2.38. The number of carbonyl (C=O) groups excluding carboxylic acids is 2. The highest BCUT2D eigenvalue weighted by Gasteiger charge is 2.29. The SMILES string of the molecule is Cc1cn2c(c1C(=O)OC(C)C)SCC2=CC(=O)C1CNCCO1. The van der Waals surface area contributed by atoms with Gasteiger partial charge < -0.3 is 19.4 Å². The minimum Gasteiger partial charge on any atom is -0.459 e. The van der Waals surface area contributed by atoms with Crippen molar-refractivity contribution in [3.8, 4) is 0 Å². The van der Waals surface area contributed by atoms with E-state index in [4.69, 9.17) is 9.47 Å². The van der Waals surface area contributed by atoms with Crippen LogP contribution in [0, 0.1) is 6.92 Å². The van der Waals surface area contributed by atoms with Gasteiger partial charge in [-0.2, -0.15) is 0 Å². The van der Waals surface area contributed by atoms with Gasteiger partial charge >= 0.3 is 5.97 Å². The molecule has 0 spiro atoms. The van der Waals surface area contributed by atoms with Crippen molar-refractivity contribution in [2.24, 2.45) is 0 Å². The number of nitrogens with one attached hydrogen (secondary N) is 1. The lowest BCUT2D eigenvalue weighted by molar-refractivity contribution is -0.126. The fourth-order valence-electron chi connectivity index (χ4n) is 2.81. The van der Waals surface area contributed by atoms with E-state index in [1.165, 1.54) is 0 Å². The number of carbonyl (C=O) groups is 2. The summed E-state index contributed by atoms with van der Waals surface area (Å²) in [6, 6.07) is 0. The maximum Gasteiger partial charge on any atom is 0.341 e. The number of ketones is 1. The van der Waals surface area contributed by atoms with Crippen LogP contribution >= 0.6 is 11.8 Å². The summed E-state index contributed by atoms with van der Waals surface area (Å²) in [5.41, 5.74) is 2.33. The number of hydrogen-bond acceptors (Lipinski definition) is 6. The molecule has 0 amide bonds. The number of fused-ring (bicyclic) bond motifs is 1. The van der Waals surface area contributed by atoms with Gasteiger partial charge in [-0.25, -0.2) is 4.79 Å². The third-order valence-electron chi connectivity index (χ3n) is 3.92. The van der Waals surface area contributed by atoms with Gasteiger partial charge in [0.05, 0.1) is 23.3 Å². The number of esters is 1. The number of thioether (sulfide) groups is 1. The van der Waals surface area contributed by atoms with Crippen LogP contribution in [0.5, 0.6) is 0 Å². The quantitative estimate of drug-likeness (QED) is 0.660. The first-order chi connectivity index (χ1) is 11.5. The number of hydrogen-bond donors (Lipinski definition) is 1. The molecule has 0 bridgehead atoms. The van der Waals surface area contributed by atoms with E-state index < -0.39 is 6.10 Å². The Labute approximate surface area is 145 Å². The third-order valence-corrected chi connectivity index (χ3v) is 5.03. The van der Waals surface area contributed by atoms with Crippen LogP contribution in [0.3, 0.4) is 0 Å². The largest absolute Gasteiger partial charge is 0.459 e. The molecule has 130 valence electrons. The Bertz CT molecular complexity index is 687. The van der Waals surface area contributed by atoms with E-state index in [2.05, 4.69) is 5.32 Å². The molecule has 24 heavy (non-hydrogen) atoms. The third kappa shape index (κ3) is 3.43. The average molecular weight is 350 g/mol. The highest BCUT2D eigenvalue weighted by molar-refractivity contribution is 8.00. The van der Waals surface area contributed by atoms with Crippen molar-refractivity contribution in [3.05, 3.63) is 23.4 Å². The zero-order valence-electron chi connectivity index (χ0n) is 14.1. The lowest BCUT2D eigenvalue weighted by Crippen LogP contribution is -2.42. The fraction of sp³-hybridized carbons (Fsp3) is 0.529. The first-order valence-electron chi connectivity index (χ1n) is 8.10. The average Bonchev–Trinajstić information content (AvgIpc) is 3.06. The van der Waals surface area contributed by atoms with Crippen LogP contribution in [-0.4, -0.2) is 54.0 Å². The van der Waals surface area contributed by atoms with E-state index in [0.717, 1.165) is 22.8 Å². The summed E-state index contributed by atoms with van der Waals surface area (Å²) in [4.78, 5) is 24.7. The molecule has 3 heterocycles. The first-order valence-corrected chi connectivity index (χ1v) is 9.08. The van der Waals surface area contributed by atoms with E-state index in [1.54, 1.807) is 17.8 Å². The van der Waals surface area contributed by atoms with Crippen LogP contribution in [0.1, 0.15) is 29.8 Å². The van der Waals surface area contributed by atoms with Crippen molar-refractivity contribution in [1.82, 2.24) is 9.88 Å². The zero-order chi connectivity index (χ0) is 17.3. The molecule has 1 aromatic rings. The second-order valence-electron chi connectivity index (χ2n) is 6.21. The van der Waals surface area contributed by atoms with E-state index in [9.17, 15) is 9.59 Å². The zero-order valence-corrected chi connectivity index (χ0v) is 14.9. The van der Waals surface area contributed by atoms with Crippen molar-refractivity contribution in [1.29, 1.82) is 0 Å². The van der Waals surface area contributed by atoms with Gasteiger partial charge in [0.25, 0.3) is 0 Å². The summed E-state index contributed by atoms with van der Waals surface area (Å²) in [7, 11) is 0. The van der Waals surface area contributed by atoms with Gasteiger partial charge in [-0.1, -0.05) is 0 Å². The molecule has 0 aromatic carbocycles. The van der Waals surface area contributed by atoms with Crippen molar-refractivity contribution in [2.75, 3.05) is 25.4 Å². The van der Waals surface area contributed by atoms with Crippen LogP contribution in [0.2, 0.25) is 0 Å². The summed E-state index contributed by atoms with van der Waals surface area (Å²) in [6.07, 6.45) is 2.94.